The normalized spacial score (nSPS) is 19.1. The molecule has 206 valence electrons. The minimum Gasteiger partial charge on any atom is -0.351 e. The Morgan fingerprint density at radius 2 is 1.92 bits per heavy atom. The Balaban J connectivity index is 0.00000353. The van der Waals surface area contributed by atoms with Crippen LogP contribution in [-0.4, -0.2) is 40.7 Å². The lowest BCUT2D eigenvalue weighted by molar-refractivity contribution is -0.133. The Labute approximate surface area is 232 Å². The van der Waals surface area contributed by atoms with Crippen LogP contribution in [0.4, 0.5) is 24.7 Å². The van der Waals surface area contributed by atoms with E-state index in [9.17, 15) is 27.6 Å². The fraction of sp³-hybridized carbons (Fsp3) is 0.333. The summed E-state index contributed by atoms with van der Waals surface area (Å²) in [6, 6.07) is 8.20. The number of amides is 3. The summed E-state index contributed by atoms with van der Waals surface area (Å²) in [6.45, 7) is 0. The summed E-state index contributed by atoms with van der Waals surface area (Å²) < 4.78 is 41.5. The highest BCUT2D eigenvalue weighted by atomic mass is 35.5. The van der Waals surface area contributed by atoms with E-state index in [4.69, 9.17) is 11.6 Å². The van der Waals surface area contributed by atoms with Gasteiger partial charge in [-0.25, -0.2) is 18.2 Å². The number of anilines is 2. The molecule has 1 aromatic heterocycles. The van der Waals surface area contributed by atoms with Crippen LogP contribution in [0.2, 0.25) is 5.02 Å². The number of carbonyl (C=O) groups is 3. The van der Waals surface area contributed by atoms with Crippen LogP contribution < -0.4 is 15.1 Å². The molecule has 1 aliphatic heterocycles. The third-order valence-corrected chi connectivity index (χ3v) is 7.55. The van der Waals surface area contributed by atoms with Gasteiger partial charge in [0.15, 0.2) is 0 Å². The summed E-state index contributed by atoms with van der Waals surface area (Å²) in [4.78, 5) is 47.3. The van der Waals surface area contributed by atoms with Crippen LogP contribution in [0.1, 0.15) is 44.7 Å². The number of thiazole rings is 1. The zero-order chi connectivity index (χ0) is 27.0. The third-order valence-electron chi connectivity index (χ3n) is 6.63. The Bertz CT molecular complexity index is 1370. The molecule has 2 aliphatic rings. The monoisotopic (exact) mass is 578 g/mol. The van der Waals surface area contributed by atoms with Gasteiger partial charge in [0.2, 0.25) is 11.8 Å². The number of benzene rings is 2. The lowest BCUT2D eigenvalue weighted by Gasteiger charge is -2.39. The SMILES string of the molecule is C.O=C(NC1CC(F)(F)C1)[C@H](c1ccccc1Cl)N(C(=O)[C@@H]1CCC(=O)N1c1cscn1)c1cccc(F)c1. The van der Waals surface area contributed by atoms with E-state index in [2.05, 4.69) is 10.3 Å². The van der Waals surface area contributed by atoms with Gasteiger partial charge >= 0.3 is 0 Å². The average Bonchev–Trinajstić information content (AvgIpc) is 3.51. The zero-order valence-electron chi connectivity index (χ0n) is 19.8. The van der Waals surface area contributed by atoms with Crippen molar-refractivity contribution in [3.63, 3.8) is 0 Å². The number of alkyl halides is 2. The van der Waals surface area contributed by atoms with Gasteiger partial charge in [-0.1, -0.05) is 43.3 Å². The summed E-state index contributed by atoms with van der Waals surface area (Å²) in [7, 11) is 0. The van der Waals surface area contributed by atoms with E-state index in [-0.39, 0.29) is 42.4 Å². The molecule has 0 spiro atoms. The maximum absolute atomic E-state index is 14.4. The van der Waals surface area contributed by atoms with Gasteiger partial charge in [-0.2, -0.15) is 0 Å². The van der Waals surface area contributed by atoms with Gasteiger partial charge in [-0.05, 0) is 30.7 Å². The second-order valence-electron chi connectivity index (χ2n) is 9.25. The molecular formula is C27H26ClF3N4O3S. The maximum atomic E-state index is 14.4. The van der Waals surface area contributed by atoms with Crippen molar-refractivity contribution in [3.05, 3.63) is 75.8 Å². The van der Waals surface area contributed by atoms with E-state index in [0.29, 0.717) is 5.82 Å². The van der Waals surface area contributed by atoms with Crippen molar-refractivity contribution in [2.24, 2.45) is 0 Å². The van der Waals surface area contributed by atoms with E-state index in [1.54, 1.807) is 23.6 Å². The first-order chi connectivity index (χ1) is 18.1. The van der Waals surface area contributed by atoms with Gasteiger partial charge < -0.3 is 5.32 Å². The molecule has 2 atom stereocenters. The van der Waals surface area contributed by atoms with E-state index in [0.717, 1.165) is 11.0 Å². The minimum atomic E-state index is -2.88. The lowest BCUT2D eigenvalue weighted by Crippen LogP contribution is -2.56. The van der Waals surface area contributed by atoms with Crippen molar-refractivity contribution in [1.82, 2.24) is 10.3 Å². The standard InChI is InChI=1S/C26H22ClF3N4O3S.CH4/c27-19-7-2-1-6-18(19)23(24(36)32-16-11-26(29,30)12-16)33(17-5-3-4-15(28)10-17)25(37)20-8-9-22(35)34(20)21-13-38-14-31-21;/h1-7,10,13-14,16,20,23H,8-9,11-12H2,(H,32,36);1H4/t20-,23-;/m0./s1. The van der Waals surface area contributed by atoms with Crippen molar-refractivity contribution in [2.75, 3.05) is 9.80 Å². The fourth-order valence-electron chi connectivity index (χ4n) is 4.86. The van der Waals surface area contributed by atoms with Crippen molar-refractivity contribution in [1.29, 1.82) is 0 Å². The van der Waals surface area contributed by atoms with Crippen LogP contribution in [0.15, 0.2) is 59.4 Å². The number of halogens is 4. The minimum absolute atomic E-state index is 0. The number of hydrogen-bond donors (Lipinski definition) is 1. The van der Waals surface area contributed by atoms with Crippen molar-refractivity contribution >= 4 is 52.2 Å². The number of nitrogens with one attached hydrogen (secondary N) is 1. The first kappa shape index (κ1) is 28.6. The molecule has 2 heterocycles. The second-order valence-corrected chi connectivity index (χ2v) is 10.4. The third kappa shape index (κ3) is 5.79. The summed E-state index contributed by atoms with van der Waals surface area (Å²) in [5.74, 6) is -4.96. The number of rotatable bonds is 7. The second kappa shape index (κ2) is 11.4. The summed E-state index contributed by atoms with van der Waals surface area (Å²) in [6.07, 6.45) is -0.842. The Kier molecular flexibility index (Phi) is 8.31. The smallest absolute Gasteiger partial charge is 0.252 e. The van der Waals surface area contributed by atoms with E-state index in [1.807, 2.05) is 0 Å². The molecule has 1 saturated carbocycles. The topological polar surface area (TPSA) is 82.6 Å². The predicted molar refractivity (Wildman–Crippen MR) is 144 cm³/mol. The number of nitrogens with zero attached hydrogens (tertiary/aromatic N) is 3. The molecule has 0 radical (unpaired) electrons. The quantitative estimate of drug-likeness (QED) is 0.387. The largest absolute Gasteiger partial charge is 0.351 e. The van der Waals surface area contributed by atoms with Crippen LogP contribution in [0, 0.1) is 5.82 Å². The average molecular weight is 579 g/mol. The number of hydrogen-bond acceptors (Lipinski definition) is 5. The van der Waals surface area contributed by atoms with Gasteiger partial charge in [0.25, 0.3) is 11.8 Å². The molecule has 2 fully saturated rings. The highest BCUT2D eigenvalue weighted by Gasteiger charge is 2.48. The molecule has 1 saturated heterocycles. The van der Waals surface area contributed by atoms with E-state index in [1.165, 1.54) is 46.0 Å². The maximum Gasteiger partial charge on any atom is 0.252 e. The summed E-state index contributed by atoms with van der Waals surface area (Å²) >= 11 is 7.72. The van der Waals surface area contributed by atoms with Crippen molar-refractivity contribution < 1.29 is 27.6 Å². The summed E-state index contributed by atoms with van der Waals surface area (Å²) in [5.41, 5.74) is 1.80. The Morgan fingerprint density at radius 3 is 2.56 bits per heavy atom. The van der Waals surface area contributed by atoms with Gasteiger partial charge in [-0.3, -0.25) is 24.2 Å². The highest BCUT2D eigenvalue weighted by molar-refractivity contribution is 7.07. The van der Waals surface area contributed by atoms with E-state index >= 15 is 0 Å². The predicted octanol–water partition coefficient (Wildman–Crippen LogP) is 5.76. The lowest BCUT2D eigenvalue weighted by atomic mass is 9.87. The molecule has 12 heteroatoms. The zero-order valence-corrected chi connectivity index (χ0v) is 21.4. The van der Waals surface area contributed by atoms with Crippen LogP contribution in [-0.2, 0) is 14.4 Å². The van der Waals surface area contributed by atoms with Gasteiger partial charge in [-0.15, -0.1) is 11.3 Å². The van der Waals surface area contributed by atoms with Crippen molar-refractivity contribution in [2.45, 2.75) is 57.2 Å². The molecule has 1 N–H and O–H groups in total. The fourth-order valence-corrected chi connectivity index (χ4v) is 5.62. The first-order valence-corrected chi connectivity index (χ1v) is 13.2. The molecule has 0 unspecified atom stereocenters. The molecule has 7 nitrogen and oxygen atoms in total. The molecular weight excluding hydrogens is 553 g/mol. The van der Waals surface area contributed by atoms with Gasteiger partial charge in [0.1, 0.15) is 23.7 Å². The Hall–Kier alpha value is -3.44. The van der Waals surface area contributed by atoms with Crippen LogP contribution >= 0.6 is 22.9 Å². The molecule has 5 rings (SSSR count). The molecule has 3 aromatic rings. The van der Waals surface area contributed by atoms with Crippen LogP contribution in [0.5, 0.6) is 0 Å². The first-order valence-electron chi connectivity index (χ1n) is 11.9. The van der Waals surface area contributed by atoms with Crippen molar-refractivity contribution in [3.8, 4) is 0 Å². The molecule has 3 amide bonds. The van der Waals surface area contributed by atoms with Gasteiger partial charge in [0.05, 0.1) is 5.51 Å². The van der Waals surface area contributed by atoms with E-state index < -0.39 is 54.5 Å². The van der Waals surface area contributed by atoms with Crippen LogP contribution in [0.25, 0.3) is 0 Å². The van der Waals surface area contributed by atoms with Gasteiger partial charge in [0, 0.05) is 47.0 Å². The molecule has 2 aromatic carbocycles. The number of aromatic nitrogens is 1. The molecule has 1 aliphatic carbocycles. The Morgan fingerprint density at radius 1 is 1.18 bits per heavy atom. The molecule has 0 bridgehead atoms. The molecule has 39 heavy (non-hydrogen) atoms. The number of carbonyl (C=O) groups excluding carboxylic acids is 3. The summed E-state index contributed by atoms with van der Waals surface area (Å²) in [5, 5.41) is 4.38. The van der Waals surface area contributed by atoms with Crippen LogP contribution in [0.3, 0.4) is 0 Å². The highest BCUT2D eigenvalue weighted by Crippen LogP contribution is 2.39.